The summed E-state index contributed by atoms with van der Waals surface area (Å²) in [4.78, 5) is 0. The van der Waals surface area contributed by atoms with E-state index in [1.54, 1.807) is 0 Å². The Morgan fingerprint density at radius 2 is 1.71 bits per heavy atom. The van der Waals surface area contributed by atoms with Crippen molar-refractivity contribution in [3.63, 3.8) is 0 Å². The van der Waals surface area contributed by atoms with Gasteiger partial charge in [-0.3, -0.25) is 0 Å². The second kappa shape index (κ2) is 11.4. The van der Waals surface area contributed by atoms with Gasteiger partial charge in [0.05, 0.1) is 13.2 Å². The molecule has 0 amide bonds. The van der Waals surface area contributed by atoms with Crippen LogP contribution in [0.5, 0.6) is 0 Å². The van der Waals surface area contributed by atoms with Crippen LogP contribution in [-0.2, 0) is 9.47 Å². The molecule has 3 N–H and O–H groups in total. The lowest BCUT2D eigenvalue weighted by atomic mass is 10.1. The standard InChI is InChI=1S/C16H32O5/c1-2-3-4-5-6-7-8-9-10-20-16-14(19)12-21-15(16)13(18)11-17/h13-19H,2-12H2,1H3/t13-,14+,15+,16+/m1/s1. The van der Waals surface area contributed by atoms with E-state index in [4.69, 9.17) is 14.6 Å². The minimum Gasteiger partial charge on any atom is -0.394 e. The Morgan fingerprint density at radius 3 is 2.33 bits per heavy atom. The summed E-state index contributed by atoms with van der Waals surface area (Å²) in [6.07, 6.45) is 6.97. The number of aliphatic hydroxyl groups excluding tert-OH is 3. The largest absolute Gasteiger partial charge is 0.394 e. The van der Waals surface area contributed by atoms with Crippen LogP contribution in [0.4, 0.5) is 0 Å². The molecule has 0 aromatic heterocycles. The minimum absolute atomic E-state index is 0.157. The molecule has 1 saturated heterocycles. The van der Waals surface area contributed by atoms with Crippen LogP contribution in [0.25, 0.3) is 0 Å². The topological polar surface area (TPSA) is 79.2 Å². The number of rotatable bonds is 12. The molecular formula is C16H32O5. The third kappa shape index (κ3) is 7.06. The molecule has 5 nitrogen and oxygen atoms in total. The lowest BCUT2D eigenvalue weighted by Crippen LogP contribution is -2.42. The molecule has 4 atom stereocenters. The molecule has 1 rings (SSSR count). The van der Waals surface area contributed by atoms with Gasteiger partial charge in [-0.1, -0.05) is 51.9 Å². The van der Waals surface area contributed by atoms with E-state index in [0.29, 0.717) is 6.61 Å². The van der Waals surface area contributed by atoms with E-state index in [1.165, 1.54) is 38.5 Å². The predicted octanol–water partition coefficient (Wildman–Crippen LogP) is 1.63. The van der Waals surface area contributed by atoms with Gasteiger partial charge in [0, 0.05) is 6.61 Å². The first-order valence-electron chi connectivity index (χ1n) is 8.40. The smallest absolute Gasteiger partial charge is 0.114 e. The van der Waals surface area contributed by atoms with Crippen molar-refractivity contribution < 1.29 is 24.8 Å². The van der Waals surface area contributed by atoms with Gasteiger partial charge >= 0.3 is 0 Å². The Hall–Kier alpha value is -0.200. The Kier molecular flexibility index (Phi) is 10.2. The van der Waals surface area contributed by atoms with Crippen LogP contribution in [0, 0.1) is 0 Å². The van der Waals surface area contributed by atoms with E-state index < -0.39 is 24.4 Å². The number of ether oxygens (including phenoxy) is 2. The molecule has 21 heavy (non-hydrogen) atoms. The van der Waals surface area contributed by atoms with E-state index in [2.05, 4.69) is 6.92 Å². The number of hydrogen-bond donors (Lipinski definition) is 3. The average molecular weight is 304 g/mol. The van der Waals surface area contributed by atoms with E-state index in [1.807, 2.05) is 0 Å². The van der Waals surface area contributed by atoms with Gasteiger partial charge in [-0.25, -0.2) is 0 Å². The molecule has 0 aromatic rings. The number of unbranched alkanes of at least 4 members (excludes halogenated alkanes) is 7. The van der Waals surface area contributed by atoms with Crippen molar-refractivity contribution in [2.45, 2.75) is 82.7 Å². The third-order valence-corrected chi connectivity index (χ3v) is 4.04. The predicted molar refractivity (Wildman–Crippen MR) is 81.2 cm³/mol. The quantitative estimate of drug-likeness (QED) is 0.478. The fourth-order valence-electron chi connectivity index (χ4n) is 2.71. The SMILES string of the molecule is CCCCCCCCCCO[C@@H]1[C@H]([C@H](O)CO)OC[C@@H]1O. The first kappa shape index (κ1) is 18.8. The van der Waals surface area contributed by atoms with Crippen molar-refractivity contribution in [3.8, 4) is 0 Å². The molecule has 1 heterocycles. The van der Waals surface area contributed by atoms with Crippen LogP contribution < -0.4 is 0 Å². The highest BCUT2D eigenvalue weighted by molar-refractivity contribution is 4.89. The normalized spacial score (nSPS) is 27.1. The maximum Gasteiger partial charge on any atom is 0.114 e. The molecule has 0 aromatic carbocycles. The summed E-state index contributed by atoms with van der Waals surface area (Å²) in [6.45, 7) is 2.56. The van der Waals surface area contributed by atoms with E-state index in [-0.39, 0.29) is 13.2 Å². The second-order valence-corrected chi connectivity index (χ2v) is 5.93. The van der Waals surface area contributed by atoms with Crippen molar-refractivity contribution >= 4 is 0 Å². The summed E-state index contributed by atoms with van der Waals surface area (Å²) in [5, 5.41) is 28.4. The van der Waals surface area contributed by atoms with Crippen molar-refractivity contribution in [1.29, 1.82) is 0 Å². The van der Waals surface area contributed by atoms with Crippen molar-refractivity contribution in [2.75, 3.05) is 19.8 Å². The summed E-state index contributed by atoms with van der Waals surface area (Å²) in [5.41, 5.74) is 0. The van der Waals surface area contributed by atoms with Gasteiger partial charge in [-0.05, 0) is 6.42 Å². The summed E-state index contributed by atoms with van der Waals surface area (Å²) in [5.74, 6) is 0. The molecule has 0 aliphatic carbocycles. The molecular weight excluding hydrogens is 272 g/mol. The van der Waals surface area contributed by atoms with Crippen molar-refractivity contribution in [1.82, 2.24) is 0 Å². The van der Waals surface area contributed by atoms with Crippen LogP contribution in [0.3, 0.4) is 0 Å². The Labute approximate surface area is 128 Å². The van der Waals surface area contributed by atoms with Crippen molar-refractivity contribution in [3.05, 3.63) is 0 Å². The highest BCUT2D eigenvalue weighted by atomic mass is 16.6. The zero-order valence-electron chi connectivity index (χ0n) is 13.2. The molecule has 0 radical (unpaired) electrons. The lowest BCUT2D eigenvalue weighted by Gasteiger charge is -2.23. The maximum atomic E-state index is 9.78. The highest BCUT2D eigenvalue weighted by Crippen LogP contribution is 2.21. The van der Waals surface area contributed by atoms with Gasteiger partial charge < -0.3 is 24.8 Å². The summed E-state index contributed by atoms with van der Waals surface area (Å²) in [7, 11) is 0. The van der Waals surface area contributed by atoms with Gasteiger partial charge in [-0.15, -0.1) is 0 Å². The molecule has 1 fully saturated rings. The van der Waals surface area contributed by atoms with Gasteiger partial charge in [-0.2, -0.15) is 0 Å². The van der Waals surface area contributed by atoms with E-state index >= 15 is 0 Å². The van der Waals surface area contributed by atoms with Crippen LogP contribution in [0.15, 0.2) is 0 Å². The molecule has 0 saturated carbocycles. The fraction of sp³-hybridized carbons (Fsp3) is 1.00. The van der Waals surface area contributed by atoms with Crippen LogP contribution in [0.2, 0.25) is 0 Å². The fourth-order valence-corrected chi connectivity index (χ4v) is 2.71. The monoisotopic (exact) mass is 304 g/mol. The molecule has 126 valence electrons. The van der Waals surface area contributed by atoms with Crippen LogP contribution in [-0.4, -0.2) is 59.6 Å². The van der Waals surface area contributed by atoms with Gasteiger partial charge in [0.2, 0.25) is 0 Å². The number of aliphatic hydroxyl groups is 3. The molecule has 1 aliphatic heterocycles. The second-order valence-electron chi connectivity index (χ2n) is 5.93. The number of hydrogen-bond acceptors (Lipinski definition) is 5. The zero-order valence-corrected chi connectivity index (χ0v) is 13.2. The summed E-state index contributed by atoms with van der Waals surface area (Å²) >= 11 is 0. The Bertz CT molecular complexity index is 249. The maximum absolute atomic E-state index is 9.78. The average Bonchev–Trinajstić information content (AvgIpc) is 2.86. The highest BCUT2D eigenvalue weighted by Gasteiger charge is 2.40. The minimum atomic E-state index is -0.995. The van der Waals surface area contributed by atoms with Crippen LogP contribution in [0.1, 0.15) is 58.3 Å². The molecule has 0 spiro atoms. The molecule has 0 unspecified atom stereocenters. The molecule has 1 aliphatic rings. The Morgan fingerprint density at radius 1 is 1.10 bits per heavy atom. The zero-order chi connectivity index (χ0) is 15.5. The summed E-state index contributed by atoms with van der Waals surface area (Å²) < 4.78 is 10.9. The first-order valence-corrected chi connectivity index (χ1v) is 8.40. The van der Waals surface area contributed by atoms with E-state index in [9.17, 15) is 10.2 Å². The van der Waals surface area contributed by atoms with Gasteiger partial charge in [0.25, 0.3) is 0 Å². The van der Waals surface area contributed by atoms with Crippen LogP contribution >= 0.6 is 0 Å². The molecule has 5 heteroatoms. The summed E-state index contributed by atoms with van der Waals surface area (Å²) in [6, 6.07) is 0. The molecule has 0 bridgehead atoms. The van der Waals surface area contributed by atoms with E-state index in [0.717, 1.165) is 12.8 Å². The lowest BCUT2D eigenvalue weighted by molar-refractivity contribution is -0.0938. The van der Waals surface area contributed by atoms with Crippen molar-refractivity contribution in [2.24, 2.45) is 0 Å². The van der Waals surface area contributed by atoms with Gasteiger partial charge in [0.1, 0.15) is 24.4 Å². The Balaban J connectivity index is 2.05. The third-order valence-electron chi connectivity index (χ3n) is 4.04. The first-order chi connectivity index (χ1) is 10.2. The van der Waals surface area contributed by atoms with Gasteiger partial charge in [0.15, 0.2) is 0 Å².